The van der Waals surface area contributed by atoms with Gasteiger partial charge in [0.15, 0.2) is 0 Å². The molecule has 0 spiro atoms. The van der Waals surface area contributed by atoms with Crippen molar-refractivity contribution < 1.29 is 14.4 Å². The molecule has 3 amide bonds. The molecular weight excluding hydrogens is 276 g/mol. The van der Waals surface area contributed by atoms with Crippen molar-refractivity contribution >= 4 is 34.7 Å². The largest absolute Gasteiger partial charge is 0.322 e. The highest BCUT2D eigenvalue weighted by Crippen LogP contribution is 2.25. The highest BCUT2D eigenvalue weighted by Gasteiger charge is 2.32. The lowest BCUT2D eigenvalue weighted by Gasteiger charge is -2.05. The first kappa shape index (κ1) is 12.6. The molecule has 0 fully saturated rings. The minimum atomic E-state index is -0.350. The van der Waals surface area contributed by atoms with Crippen LogP contribution in [0.25, 0.3) is 0 Å². The highest BCUT2D eigenvalue weighted by molar-refractivity contribution is 7.08. The number of thiophene rings is 1. The second-order valence-corrected chi connectivity index (χ2v) is 5.18. The summed E-state index contributed by atoms with van der Waals surface area (Å²) < 4.78 is 0. The fourth-order valence-corrected chi connectivity index (χ4v) is 2.67. The van der Waals surface area contributed by atoms with Gasteiger partial charge in [-0.3, -0.25) is 19.3 Å². The Kier molecular flexibility index (Phi) is 2.87. The molecular formula is C14H10N2O3S. The summed E-state index contributed by atoms with van der Waals surface area (Å²) in [5.41, 5.74) is 1.75. The fraction of sp³-hybridized carbons (Fsp3) is 0.0714. The third kappa shape index (κ3) is 1.90. The number of hydrogen-bond donors (Lipinski definition) is 1. The standard InChI is InChI=1S/C14H10N2O3S/c1-16-13(18)10-3-2-9(6-11(10)14(16)19)15-12(17)8-4-5-20-7-8/h2-7H,1H3,(H,15,17). The lowest BCUT2D eigenvalue weighted by atomic mass is 10.1. The molecule has 0 saturated carbocycles. The van der Waals surface area contributed by atoms with Gasteiger partial charge in [0, 0.05) is 18.1 Å². The van der Waals surface area contributed by atoms with E-state index in [9.17, 15) is 14.4 Å². The second-order valence-electron chi connectivity index (χ2n) is 4.40. The van der Waals surface area contributed by atoms with Gasteiger partial charge in [-0.2, -0.15) is 11.3 Å². The quantitative estimate of drug-likeness (QED) is 0.861. The van der Waals surface area contributed by atoms with E-state index in [2.05, 4.69) is 5.32 Å². The van der Waals surface area contributed by atoms with Crippen molar-refractivity contribution in [3.05, 3.63) is 51.7 Å². The SMILES string of the molecule is CN1C(=O)c2ccc(NC(=O)c3ccsc3)cc2C1=O. The molecule has 100 valence electrons. The molecule has 1 aromatic carbocycles. The summed E-state index contributed by atoms with van der Waals surface area (Å²) in [6.45, 7) is 0. The van der Waals surface area contributed by atoms with Crippen LogP contribution in [-0.4, -0.2) is 29.7 Å². The van der Waals surface area contributed by atoms with Crippen molar-refractivity contribution in [2.75, 3.05) is 12.4 Å². The first-order chi connectivity index (χ1) is 9.58. The average Bonchev–Trinajstić information content (AvgIpc) is 3.04. The number of anilines is 1. The van der Waals surface area contributed by atoms with Gasteiger partial charge in [-0.1, -0.05) is 0 Å². The van der Waals surface area contributed by atoms with Gasteiger partial charge >= 0.3 is 0 Å². The van der Waals surface area contributed by atoms with E-state index in [0.717, 1.165) is 4.90 Å². The summed E-state index contributed by atoms with van der Waals surface area (Å²) in [7, 11) is 1.44. The summed E-state index contributed by atoms with van der Waals surface area (Å²) >= 11 is 1.43. The number of nitrogens with zero attached hydrogens (tertiary/aromatic N) is 1. The molecule has 0 saturated heterocycles. The monoisotopic (exact) mass is 286 g/mol. The molecule has 3 rings (SSSR count). The Bertz CT molecular complexity index is 722. The number of rotatable bonds is 2. The maximum absolute atomic E-state index is 11.9. The smallest absolute Gasteiger partial charge is 0.261 e. The van der Waals surface area contributed by atoms with Crippen molar-refractivity contribution in [2.24, 2.45) is 0 Å². The van der Waals surface area contributed by atoms with E-state index in [1.54, 1.807) is 23.6 Å². The molecule has 0 unspecified atom stereocenters. The summed E-state index contributed by atoms with van der Waals surface area (Å²) in [5, 5.41) is 6.27. The molecule has 1 aliphatic heterocycles. The average molecular weight is 286 g/mol. The molecule has 2 heterocycles. The maximum atomic E-state index is 11.9. The van der Waals surface area contributed by atoms with Gasteiger partial charge in [-0.25, -0.2) is 0 Å². The van der Waals surface area contributed by atoms with Gasteiger partial charge in [0.2, 0.25) is 0 Å². The second kappa shape index (κ2) is 4.57. The molecule has 5 nitrogen and oxygen atoms in total. The highest BCUT2D eigenvalue weighted by atomic mass is 32.1. The first-order valence-corrected chi connectivity index (χ1v) is 6.82. The van der Waals surface area contributed by atoms with Crippen LogP contribution in [0.15, 0.2) is 35.0 Å². The maximum Gasteiger partial charge on any atom is 0.261 e. The summed E-state index contributed by atoms with van der Waals surface area (Å²) in [4.78, 5) is 36.6. The van der Waals surface area contributed by atoms with Crippen molar-refractivity contribution in [3.8, 4) is 0 Å². The van der Waals surface area contributed by atoms with Crippen LogP contribution in [0.3, 0.4) is 0 Å². The van der Waals surface area contributed by atoms with E-state index in [1.807, 2.05) is 5.38 Å². The van der Waals surface area contributed by atoms with Crippen LogP contribution in [0.1, 0.15) is 31.1 Å². The molecule has 0 atom stereocenters. The molecule has 0 radical (unpaired) electrons. The van der Waals surface area contributed by atoms with Crippen LogP contribution in [-0.2, 0) is 0 Å². The Morgan fingerprint density at radius 3 is 2.60 bits per heavy atom. The van der Waals surface area contributed by atoms with Crippen molar-refractivity contribution in [3.63, 3.8) is 0 Å². The summed E-state index contributed by atoms with van der Waals surface area (Å²) in [6, 6.07) is 6.43. The van der Waals surface area contributed by atoms with Crippen molar-refractivity contribution in [2.45, 2.75) is 0 Å². The van der Waals surface area contributed by atoms with Crippen LogP contribution in [0, 0.1) is 0 Å². The number of benzene rings is 1. The van der Waals surface area contributed by atoms with Crippen LogP contribution in [0.4, 0.5) is 5.69 Å². The predicted octanol–water partition coefficient (Wildman–Crippen LogP) is 2.23. The van der Waals surface area contributed by atoms with Crippen LogP contribution < -0.4 is 5.32 Å². The number of carbonyl (C=O) groups excluding carboxylic acids is 3. The number of hydrogen-bond acceptors (Lipinski definition) is 4. The minimum Gasteiger partial charge on any atom is -0.322 e. The normalized spacial score (nSPS) is 13.6. The van der Waals surface area contributed by atoms with Gasteiger partial charge < -0.3 is 5.32 Å². The molecule has 1 aromatic heterocycles. The fourth-order valence-electron chi connectivity index (χ4n) is 2.04. The van der Waals surface area contributed by atoms with Crippen LogP contribution >= 0.6 is 11.3 Å². The molecule has 0 aliphatic carbocycles. The Hall–Kier alpha value is -2.47. The lowest BCUT2D eigenvalue weighted by Crippen LogP contribution is -2.24. The minimum absolute atomic E-state index is 0.240. The molecule has 1 N–H and O–H groups in total. The number of imide groups is 1. The number of carbonyl (C=O) groups is 3. The Balaban J connectivity index is 1.89. The van der Waals surface area contributed by atoms with E-state index >= 15 is 0 Å². The number of nitrogens with one attached hydrogen (secondary N) is 1. The molecule has 6 heteroatoms. The zero-order valence-electron chi connectivity index (χ0n) is 10.5. The van der Waals surface area contributed by atoms with Crippen molar-refractivity contribution in [1.82, 2.24) is 4.90 Å². The van der Waals surface area contributed by atoms with Crippen molar-refractivity contribution in [1.29, 1.82) is 0 Å². The molecule has 0 bridgehead atoms. The van der Waals surface area contributed by atoms with Crippen LogP contribution in [0.5, 0.6) is 0 Å². The van der Waals surface area contributed by atoms with Gasteiger partial charge in [-0.05, 0) is 29.6 Å². The zero-order valence-corrected chi connectivity index (χ0v) is 11.4. The zero-order chi connectivity index (χ0) is 14.3. The van der Waals surface area contributed by atoms with E-state index in [4.69, 9.17) is 0 Å². The lowest BCUT2D eigenvalue weighted by molar-refractivity contribution is 0.0692. The third-order valence-electron chi connectivity index (χ3n) is 3.13. The van der Waals surface area contributed by atoms with E-state index in [1.165, 1.54) is 24.5 Å². The Morgan fingerprint density at radius 1 is 1.15 bits per heavy atom. The Morgan fingerprint density at radius 2 is 1.90 bits per heavy atom. The topological polar surface area (TPSA) is 66.5 Å². The number of fused-ring (bicyclic) bond motifs is 1. The summed E-state index contributed by atoms with van der Waals surface area (Å²) in [6.07, 6.45) is 0. The number of amides is 3. The first-order valence-electron chi connectivity index (χ1n) is 5.88. The molecule has 2 aromatic rings. The summed E-state index contributed by atoms with van der Waals surface area (Å²) in [5.74, 6) is -0.909. The van der Waals surface area contributed by atoms with E-state index in [-0.39, 0.29) is 17.7 Å². The predicted molar refractivity (Wildman–Crippen MR) is 75.1 cm³/mol. The molecule has 1 aliphatic rings. The third-order valence-corrected chi connectivity index (χ3v) is 3.81. The van der Waals surface area contributed by atoms with Crippen LogP contribution in [0.2, 0.25) is 0 Å². The van der Waals surface area contributed by atoms with Gasteiger partial charge in [0.1, 0.15) is 0 Å². The Labute approximate surface area is 118 Å². The van der Waals surface area contributed by atoms with E-state index < -0.39 is 0 Å². The van der Waals surface area contributed by atoms with Gasteiger partial charge in [0.05, 0.1) is 16.7 Å². The molecule has 20 heavy (non-hydrogen) atoms. The van der Waals surface area contributed by atoms with Gasteiger partial charge in [0.25, 0.3) is 17.7 Å². The van der Waals surface area contributed by atoms with Gasteiger partial charge in [-0.15, -0.1) is 0 Å². The van der Waals surface area contributed by atoms with E-state index in [0.29, 0.717) is 22.4 Å².